The fraction of sp³-hybridized carbons (Fsp3) is 0.176. The summed E-state index contributed by atoms with van der Waals surface area (Å²) in [5, 5.41) is 7.21. The molecule has 0 aromatic heterocycles. The van der Waals surface area contributed by atoms with E-state index in [9.17, 15) is 0 Å². The molecule has 2 rings (SSSR count). The summed E-state index contributed by atoms with van der Waals surface area (Å²) in [5.41, 5.74) is 10.3. The monoisotopic (exact) mass is 344 g/mol. The van der Waals surface area contributed by atoms with Gasteiger partial charge in [-0.1, -0.05) is 42.5 Å². The number of benzene rings is 2. The van der Waals surface area contributed by atoms with Crippen molar-refractivity contribution in [2.75, 3.05) is 5.32 Å². The first-order valence-electron chi connectivity index (χ1n) is 7.27. The number of anilines is 1. The van der Waals surface area contributed by atoms with Crippen LogP contribution in [0.15, 0.2) is 48.5 Å². The molecule has 0 aliphatic carbocycles. The van der Waals surface area contributed by atoms with Gasteiger partial charge in [0.25, 0.3) is 0 Å². The lowest BCUT2D eigenvalue weighted by atomic mass is 10.1. The maximum absolute atomic E-state index is 5.26. The highest BCUT2D eigenvalue weighted by Gasteiger charge is 2.03. The summed E-state index contributed by atoms with van der Waals surface area (Å²) in [6, 6.07) is 16.1. The number of nitrogens with one attached hydrogen (secondary N) is 4. The molecule has 0 amide bonds. The topological polar surface area (TPSA) is 48.1 Å². The Morgan fingerprint density at radius 3 is 2.30 bits per heavy atom. The van der Waals surface area contributed by atoms with E-state index in [-0.39, 0.29) is 0 Å². The quantitative estimate of drug-likeness (QED) is 0.507. The van der Waals surface area contributed by atoms with Gasteiger partial charge in [-0.3, -0.25) is 10.9 Å². The average Bonchev–Trinajstić information content (AvgIpc) is 2.56. The highest BCUT2D eigenvalue weighted by atomic mass is 32.1. The lowest BCUT2D eigenvalue weighted by Gasteiger charge is -2.16. The molecule has 0 saturated carbocycles. The third kappa shape index (κ3) is 5.50. The average molecular weight is 345 g/mol. The minimum atomic E-state index is 0.461. The van der Waals surface area contributed by atoms with E-state index in [2.05, 4.69) is 41.4 Å². The van der Waals surface area contributed by atoms with Crippen LogP contribution in [0.4, 0.5) is 5.69 Å². The summed E-state index contributed by atoms with van der Waals surface area (Å²) < 4.78 is 0. The van der Waals surface area contributed by atoms with Crippen LogP contribution >= 0.6 is 24.4 Å². The third-order valence-corrected chi connectivity index (χ3v) is 3.89. The lowest BCUT2D eigenvalue weighted by Crippen LogP contribution is -2.48. The Bertz CT molecular complexity index is 686. The lowest BCUT2D eigenvalue weighted by molar-refractivity contribution is 0.809. The Morgan fingerprint density at radius 1 is 0.870 bits per heavy atom. The van der Waals surface area contributed by atoms with Gasteiger partial charge in [0.15, 0.2) is 10.2 Å². The molecule has 6 heteroatoms. The van der Waals surface area contributed by atoms with Crippen molar-refractivity contribution in [3.8, 4) is 0 Å². The van der Waals surface area contributed by atoms with Crippen molar-refractivity contribution in [1.82, 2.24) is 16.2 Å². The number of hydrogen-bond donors (Lipinski definition) is 4. The molecule has 0 atom stereocenters. The molecule has 4 nitrogen and oxygen atoms in total. The number of thiocarbonyl (C=S) groups is 2. The Labute approximate surface area is 147 Å². The number of hydrazine groups is 1. The Hall–Kier alpha value is -2.18. The van der Waals surface area contributed by atoms with Gasteiger partial charge < -0.3 is 10.6 Å². The smallest absolute Gasteiger partial charge is 0.189 e. The van der Waals surface area contributed by atoms with Crippen LogP contribution in [0, 0.1) is 13.8 Å². The summed E-state index contributed by atoms with van der Waals surface area (Å²) in [6.45, 7) is 4.78. The van der Waals surface area contributed by atoms with Gasteiger partial charge in [-0.15, -0.1) is 0 Å². The molecule has 0 radical (unpaired) electrons. The summed E-state index contributed by atoms with van der Waals surface area (Å²) in [5.74, 6) is 0. The number of hydrogen-bond acceptors (Lipinski definition) is 2. The van der Waals surface area contributed by atoms with Crippen LogP contribution in [-0.2, 0) is 6.54 Å². The molecule has 0 bridgehead atoms. The molecule has 2 aromatic carbocycles. The SMILES string of the molecule is Cc1cccc(NC(=S)NNC(=S)NCc2ccccc2)c1C. The predicted octanol–water partition coefficient (Wildman–Crippen LogP) is 3.17. The fourth-order valence-corrected chi connectivity index (χ4v) is 2.26. The van der Waals surface area contributed by atoms with Gasteiger partial charge in [0.2, 0.25) is 0 Å². The minimum Gasteiger partial charge on any atom is -0.357 e. The van der Waals surface area contributed by atoms with Crippen molar-refractivity contribution >= 4 is 40.3 Å². The summed E-state index contributed by atoms with van der Waals surface area (Å²) in [7, 11) is 0. The molecule has 0 saturated heterocycles. The van der Waals surface area contributed by atoms with Crippen molar-refractivity contribution in [3.63, 3.8) is 0 Å². The Kier molecular flexibility index (Phi) is 6.31. The van der Waals surface area contributed by atoms with E-state index in [1.165, 1.54) is 11.1 Å². The zero-order chi connectivity index (χ0) is 16.7. The van der Waals surface area contributed by atoms with E-state index < -0.39 is 0 Å². The fourth-order valence-electron chi connectivity index (χ4n) is 1.98. The zero-order valence-corrected chi connectivity index (χ0v) is 14.8. The van der Waals surface area contributed by atoms with Gasteiger partial charge in [0.05, 0.1) is 0 Å². The van der Waals surface area contributed by atoms with Crippen molar-refractivity contribution in [2.24, 2.45) is 0 Å². The second-order valence-electron chi connectivity index (χ2n) is 5.12. The molecule has 0 aliphatic heterocycles. The molecule has 23 heavy (non-hydrogen) atoms. The molecule has 0 unspecified atom stereocenters. The van der Waals surface area contributed by atoms with Crippen LogP contribution in [0.2, 0.25) is 0 Å². The molecule has 0 heterocycles. The maximum atomic E-state index is 5.26. The normalized spacial score (nSPS) is 9.83. The zero-order valence-electron chi connectivity index (χ0n) is 13.1. The van der Waals surface area contributed by atoms with Crippen molar-refractivity contribution in [3.05, 3.63) is 65.2 Å². The molecule has 0 fully saturated rings. The molecule has 2 aromatic rings. The van der Waals surface area contributed by atoms with E-state index in [4.69, 9.17) is 24.4 Å². The van der Waals surface area contributed by atoms with Crippen molar-refractivity contribution in [2.45, 2.75) is 20.4 Å². The third-order valence-electron chi connectivity index (χ3n) is 3.44. The second-order valence-corrected chi connectivity index (χ2v) is 5.94. The largest absolute Gasteiger partial charge is 0.357 e. The van der Waals surface area contributed by atoms with Crippen LogP contribution in [0.5, 0.6) is 0 Å². The first-order chi connectivity index (χ1) is 11.1. The van der Waals surface area contributed by atoms with Crippen molar-refractivity contribution in [1.29, 1.82) is 0 Å². The van der Waals surface area contributed by atoms with Crippen LogP contribution in [0.25, 0.3) is 0 Å². The molecule has 0 spiro atoms. The second kappa shape index (κ2) is 8.45. The standard InChI is InChI=1S/C17H20N4S2/c1-12-7-6-10-15(13(12)2)19-17(23)21-20-16(22)18-11-14-8-4-3-5-9-14/h3-10H,11H2,1-2H3,(H2,18,20,22)(H2,19,21,23). The van der Waals surface area contributed by atoms with Crippen molar-refractivity contribution < 1.29 is 0 Å². The molecule has 0 aliphatic rings. The number of rotatable bonds is 3. The highest BCUT2D eigenvalue weighted by molar-refractivity contribution is 7.80. The van der Waals surface area contributed by atoms with Crippen LogP contribution < -0.4 is 21.5 Å². The molecular weight excluding hydrogens is 324 g/mol. The van der Waals surface area contributed by atoms with Gasteiger partial charge >= 0.3 is 0 Å². The van der Waals surface area contributed by atoms with E-state index in [0.29, 0.717) is 16.8 Å². The van der Waals surface area contributed by atoms with E-state index in [1.54, 1.807) is 0 Å². The predicted molar refractivity (Wildman–Crippen MR) is 104 cm³/mol. The highest BCUT2D eigenvalue weighted by Crippen LogP contribution is 2.17. The summed E-state index contributed by atoms with van der Waals surface area (Å²) in [4.78, 5) is 0. The summed E-state index contributed by atoms with van der Waals surface area (Å²) in [6.07, 6.45) is 0. The van der Waals surface area contributed by atoms with E-state index in [1.807, 2.05) is 42.5 Å². The molecular formula is C17H20N4S2. The van der Waals surface area contributed by atoms with Crippen LogP contribution in [0.3, 0.4) is 0 Å². The van der Waals surface area contributed by atoms with E-state index >= 15 is 0 Å². The van der Waals surface area contributed by atoms with Gasteiger partial charge in [-0.25, -0.2) is 0 Å². The van der Waals surface area contributed by atoms with Gasteiger partial charge in [-0.2, -0.15) is 0 Å². The molecule has 120 valence electrons. The van der Waals surface area contributed by atoms with Crippen LogP contribution in [-0.4, -0.2) is 10.2 Å². The first-order valence-corrected chi connectivity index (χ1v) is 8.09. The van der Waals surface area contributed by atoms with Gasteiger partial charge in [0, 0.05) is 12.2 Å². The Balaban J connectivity index is 1.75. The van der Waals surface area contributed by atoms with E-state index in [0.717, 1.165) is 11.3 Å². The maximum Gasteiger partial charge on any atom is 0.189 e. The summed E-state index contributed by atoms with van der Waals surface area (Å²) >= 11 is 10.5. The van der Waals surface area contributed by atoms with Gasteiger partial charge in [0.1, 0.15) is 0 Å². The Morgan fingerprint density at radius 2 is 1.57 bits per heavy atom. The number of aryl methyl sites for hydroxylation is 1. The minimum absolute atomic E-state index is 0.461. The molecule has 4 N–H and O–H groups in total. The van der Waals surface area contributed by atoms with Gasteiger partial charge in [-0.05, 0) is 61.0 Å². The first kappa shape index (κ1) is 17.2. The van der Waals surface area contributed by atoms with Crippen LogP contribution in [0.1, 0.15) is 16.7 Å².